The van der Waals surface area contributed by atoms with Gasteiger partial charge in [0.25, 0.3) is 0 Å². The van der Waals surface area contributed by atoms with Crippen LogP contribution in [0.4, 0.5) is 0 Å². The Morgan fingerprint density at radius 2 is 1.86 bits per heavy atom. The Hall–Kier alpha value is -0.340. The third-order valence-corrected chi connectivity index (χ3v) is 2.47. The van der Waals surface area contributed by atoms with Gasteiger partial charge in [0.1, 0.15) is 0 Å². The number of unbranched alkanes of at least 4 members (excludes halogenated alkanes) is 5. The minimum atomic E-state index is 0.0446. The molecule has 0 fully saturated rings. The van der Waals surface area contributed by atoms with Crippen LogP contribution in [0.1, 0.15) is 44.9 Å². The van der Waals surface area contributed by atoms with Crippen molar-refractivity contribution in [3.05, 3.63) is 12.7 Å². The maximum atomic E-state index is 8.86. The summed E-state index contributed by atoms with van der Waals surface area (Å²) in [6, 6.07) is 0. The second kappa shape index (κ2) is 10.7. The fraction of sp³-hybridized carbons (Fsp3) is 0.833. The van der Waals surface area contributed by atoms with E-state index in [9.17, 15) is 0 Å². The van der Waals surface area contributed by atoms with E-state index in [4.69, 9.17) is 9.84 Å². The zero-order valence-electron chi connectivity index (χ0n) is 9.37. The van der Waals surface area contributed by atoms with Crippen LogP contribution in [0.2, 0.25) is 0 Å². The summed E-state index contributed by atoms with van der Waals surface area (Å²) in [4.78, 5) is 0. The van der Waals surface area contributed by atoms with Gasteiger partial charge in [-0.25, -0.2) is 0 Å². The van der Waals surface area contributed by atoms with Crippen molar-refractivity contribution in [1.29, 1.82) is 0 Å². The Bertz CT molecular complexity index is 119. The summed E-state index contributed by atoms with van der Waals surface area (Å²) in [7, 11) is 1.66. The molecule has 0 spiro atoms. The predicted octanol–water partition coefficient (Wildman–Crippen LogP) is 2.91. The van der Waals surface area contributed by atoms with Crippen LogP contribution in [0.15, 0.2) is 12.7 Å². The number of aliphatic hydroxyl groups excluding tert-OH is 1. The molecule has 0 bridgehead atoms. The van der Waals surface area contributed by atoms with Crippen LogP contribution in [0.25, 0.3) is 0 Å². The van der Waals surface area contributed by atoms with Gasteiger partial charge in [-0.15, -0.1) is 6.58 Å². The molecule has 0 radical (unpaired) electrons. The van der Waals surface area contributed by atoms with Gasteiger partial charge in [-0.05, 0) is 19.3 Å². The van der Waals surface area contributed by atoms with Gasteiger partial charge in [0.2, 0.25) is 0 Å². The third kappa shape index (κ3) is 8.27. The van der Waals surface area contributed by atoms with E-state index < -0.39 is 0 Å². The van der Waals surface area contributed by atoms with E-state index in [2.05, 4.69) is 6.58 Å². The minimum Gasteiger partial charge on any atom is -0.394 e. The van der Waals surface area contributed by atoms with E-state index in [0.29, 0.717) is 0 Å². The summed E-state index contributed by atoms with van der Waals surface area (Å²) >= 11 is 0. The molecule has 0 amide bonds. The SMILES string of the molecule is C=CCCCCCCCC(CO)OC. The number of allylic oxidation sites excluding steroid dienone is 1. The molecule has 2 nitrogen and oxygen atoms in total. The van der Waals surface area contributed by atoms with Crippen LogP contribution < -0.4 is 0 Å². The first-order chi connectivity index (χ1) is 6.85. The molecule has 0 aliphatic heterocycles. The Morgan fingerprint density at radius 1 is 1.21 bits per heavy atom. The Morgan fingerprint density at radius 3 is 2.43 bits per heavy atom. The monoisotopic (exact) mass is 200 g/mol. The molecule has 0 saturated heterocycles. The lowest BCUT2D eigenvalue weighted by Crippen LogP contribution is -2.14. The number of ether oxygens (including phenoxy) is 1. The first-order valence-corrected chi connectivity index (χ1v) is 5.59. The highest BCUT2D eigenvalue weighted by Gasteiger charge is 2.03. The zero-order valence-corrected chi connectivity index (χ0v) is 9.37. The van der Waals surface area contributed by atoms with Gasteiger partial charge in [-0.3, -0.25) is 0 Å². The average molecular weight is 200 g/mol. The number of rotatable bonds is 10. The molecular formula is C12H24O2. The Kier molecular flexibility index (Phi) is 10.5. The smallest absolute Gasteiger partial charge is 0.0802 e. The van der Waals surface area contributed by atoms with Crippen LogP contribution in [0.5, 0.6) is 0 Å². The van der Waals surface area contributed by atoms with Crippen molar-refractivity contribution in [1.82, 2.24) is 0 Å². The molecule has 2 heteroatoms. The standard InChI is InChI=1S/C12H24O2/c1-3-4-5-6-7-8-9-10-12(11-13)14-2/h3,12-13H,1,4-11H2,2H3. The molecule has 0 aliphatic carbocycles. The largest absolute Gasteiger partial charge is 0.394 e. The third-order valence-electron chi connectivity index (χ3n) is 2.47. The summed E-state index contributed by atoms with van der Waals surface area (Å²) < 4.78 is 5.08. The van der Waals surface area contributed by atoms with Gasteiger partial charge in [-0.1, -0.05) is 31.8 Å². The lowest BCUT2D eigenvalue weighted by atomic mass is 10.1. The van der Waals surface area contributed by atoms with E-state index in [1.807, 2.05) is 6.08 Å². The predicted molar refractivity (Wildman–Crippen MR) is 60.4 cm³/mol. The van der Waals surface area contributed by atoms with E-state index in [1.165, 1.54) is 25.7 Å². The van der Waals surface area contributed by atoms with Crippen molar-refractivity contribution < 1.29 is 9.84 Å². The van der Waals surface area contributed by atoms with Crippen molar-refractivity contribution in [3.8, 4) is 0 Å². The normalized spacial score (nSPS) is 12.7. The number of methoxy groups -OCH3 is 1. The molecule has 0 aromatic carbocycles. The van der Waals surface area contributed by atoms with E-state index in [0.717, 1.165) is 19.3 Å². The molecule has 84 valence electrons. The first kappa shape index (κ1) is 13.7. The molecule has 1 unspecified atom stereocenters. The van der Waals surface area contributed by atoms with Gasteiger partial charge in [0.15, 0.2) is 0 Å². The molecule has 0 aromatic rings. The number of hydrogen-bond donors (Lipinski definition) is 1. The summed E-state index contributed by atoms with van der Waals surface area (Å²) in [6.07, 6.45) is 10.4. The quantitative estimate of drug-likeness (QED) is 0.434. The molecular weight excluding hydrogens is 176 g/mol. The summed E-state index contributed by atoms with van der Waals surface area (Å²) in [5.41, 5.74) is 0. The lowest BCUT2D eigenvalue weighted by molar-refractivity contribution is 0.0415. The molecule has 0 heterocycles. The van der Waals surface area contributed by atoms with Crippen molar-refractivity contribution in [2.45, 2.75) is 51.0 Å². The van der Waals surface area contributed by atoms with E-state index in [1.54, 1.807) is 7.11 Å². The van der Waals surface area contributed by atoms with Crippen molar-refractivity contribution >= 4 is 0 Å². The second-order valence-corrected chi connectivity index (χ2v) is 3.67. The maximum absolute atomic E-state index is 8.86. The molecule has 14 heavy (non-hydrogen) atoms. The molecule has 1 atom stereocenters. The summed E-state index contributed by atoms with van der Waals surface area (Å²) in [5, 5.41) is 8.86. The second-order valence-electron chi connectivity index (χ2n) is 3.67. The molecule has 0 aromatic heterocycles. The summed E-state index contributed by atoms with van der Waals surface area (Å²) in [6.45, 7) is 3.84. The Balaban J connectivity index is 3.08. The number of hydrogen-bond acceptors (Lipinski definition) is 2. The van der Waals surface area contributed by atoms with Crippen LogP contribution in [0, 0.1) is 0 Å². The highest BCUT2D eigenvalue weighted by atomic mass is 16.5. The van der Waals surface area contributed by atoms with Crippen molar-refractivity contribution in [2.24, 2.45) is 0 Å². The minimum absolute atomic E-state index is 0.0446. The fourth-order valence-corrected chi connectivity index (χ4v) is 1.47. The lowest BCUT2D eigenvalue weighted by Gasteiger charge is -2.11. The number of aliphatic hydroxyl groups is 1. The first-order valence-electron chi connectivity index (χ1n) is 5.59. The fourth-order valence-electron chi connectivity index (χ4n) is 1.47. The van der Waals surface area contributed by atoms with Gasteiger partial charge in [0.05, 0.1) is 12.7 Å². The van der Waals surface area contributed by atoms with Crippen LogP contribution in [-0.2, 0) is 4.74 Å². The van der Waals surface area contributed by atoms with E-state index in [-0.39, 0.29) is 12.7 Å². The van der Waals surface area contributed by atoms with Crippen LogP contribution >= 0.6 is 0 Å². The molecule has 1 N–H and O–H groups in total. The van der Waals surface area contributed by atoms with Gasteiger partial charge in [0, 0.05) is 7.11 Å². The van der Waals surface area contributed by atoms with Crippen molar-refractivity contribution in [3.63, 3.8) is 0 Å². The molecule has 0 aliphatic rings. The highest BCUT2D eigenvalue weighted by molar-refractivity contribution is 4.65. The van der Waals surface area contributed by atoms with Gasteiger partial charge in [-0.2, -0.15) is 0 Å². The van der Waals surface area contributed by atoms with Crippen LogP contribution in [0.3, 0.4) is 0 Å². The van der Waals surface area contributed by atoms with Crippen LogP contribution in [-0.4, -0.2) is 24.9 Å². The average Bonchev–Trinajstić information content (AvgIpc) is 2.22. The van der Waals surface area contributed by atoms with Gasteiger partial charge < -0.3 is 9.84 Å². The zero-order chi connectivity index (χ0) is 10.6. The van der Waals surface area contributed by atoms with E-state index >= 15 is 0 Å². The molecule has 0 rings (SSSR count). The molecule has 0 saturated carbocycles. The van der Waals surface area contributed by atoms with Gasteiger partial charge >= 0.3 is 0 Å². The topological polar surface area (TPSA) is 29.5 Å². The Labute approximate surface area is 88.0 Å². The maximum Gasteiger partial charge on any atom is 0.0802 e. The highest BCUT2D eigenvalue weighted by Crippen LogP contribution is 2.09. The van der Waals surface area contributed by atoms with Crippen molar-refractivity contribution in [2.75, 3.05) is 13.7 Å². The summed E-state index contributed by atoms with van der Waals surface area (Å²) in [5.74, 6) is 0.